The van der Waals surface area contributed by atoms with E-state index < -0.39 is 35.0 Å². The molecule has 1 unspecified atom stereocenters. The predicted molar refractivity (Wildman–Crippen MR) is 130 cm³/mol. The van der Waals surface area contributed by atoms with E-state index in [9.17, 15) is 23.1 Å². The van der Waals surface area contributed by atoms with Gasteiger partial charge in [-0.15, -0.1) is 0 Å². The minimum atomic E-state index is -1.55. The molecule has 2 aromatic carbocycles. The third-order valence-corrected chi connectivity index (χ3v) is 5.78. The van der Waals surface area contributed by atoms with E-state index in [2.05, 4.69) is 15.6 Å². The van der Waals surface area contributed by atoms with E-state index in [4.69, 9.17) is 9.72 Å². The Morgan fingerprint density at radius 1 is 1.17 bits per heavy atom. The Morgan fingerprint density at radius 2 is 1.83 bits per heavy atom. The summed E-state index contributed by atoms with van der Waals surface area (Å²) in [5.41, 5.74) is 0.702. The summed E-state index contributed by atoms with van der Waals surface area (Å²) in [4.78, 5) is 24.2. The number of hydrogen-bond acceptors (Lipinski definition) is 7. The van der Waals surface area contributed by atoms with Crippen LogP contribution in [-0.4, -0.2) is 59.4 Å². The van der Waals surface area contributed by atoms with Crippen molar-refractivity contribution in [3.8, 4) is 0 Å². The lowest BCUT2D eigenvalue weighted by molar-refractivity contribution is 0.0694. The highest BCUT2D eigenvalue weighted by Crippen LogP contribution is 2.29. The van der Waals surface area contributed by atoms with Crippen molar-refractivity contribution in [1.29, 1.82) is 0 Å². The average Bonchev–Trinajstić information content (AvgIpc) is 2.84. The molecule has 0 spiro atoms. The van der Waals surface area contributed by atoms with Crippen molar-refractivity contribution >= 4 is 28.4 Å². The molecule has 0 radical (unpaired) electrons. The summed E-state index contributed by atoms with van der Waals surface area (Å²) in [7, 11) is 0. The van der Waals surface area contributed by atoms with E-state index in [1.807, 2.05) is 4.90 Å². The Morgan fingerprint density at radius 3 is 2.47 bits per heavy atom. The van der Waals surface area contributed by atoms with Crippen molar-refractivity contribution in [3.05, 3.63) is 59.0 Å². The topological polar surface area (TPSA) is 99.6 Å². The van der Waals surface area contributed by atoms with Crippen LogP contribution in [0.3, 0.4) is 0 Å². The van der Waals surface area contributed by atoms with Crippen LogP contribution in [0.15, 0.2) is 30.5 Å². The molecular formula is C25H28F3N5O3. The standard InChI is InChI=1S/C25H28F3N5O3/c1-14(31-16-10-18(26)22(28)19(27)11-16)17-8-15(24(34)30-13-25(2,3)35)9-20-23(17)32-21(12-29-20)33-4-6-36-7-5-33/h8-12,14,31,35H,4-7,13H2,1-3H3,(H,30,34). The van der Waals surface area contributed by atoms with Crippen molar-refractivity contribution in [2.75, 3.05) is 43.1 Å². The highest BCUT2D eigenvalue weighted by molar-refractivity contribution is 5.98. The summed E-state index contributed by atoms with van der Waals surface area (Å²) in [6.07, 6.45) is 1.62. The maximum atomic E-state index is 13.8. The normalized spacial score (nSPS) is 15.1. The number of anilines is 2. The van der Waals surface area contributed by atoms with Crippen LogP contribution in [0.4, 0.5) is 24.7 Å². The van der Waals surface area contributed by atoms with Crippen LogP contribution in [0.1, 0.15) is 42.7 Å². The van der Waals surface area contributed by atoms with Gasteiger partial charge in [0.25, 0.3) is 5.91 Å². The van der Waals surface area contributed by atoms with Crippen LogP contribution in [0.25, 0.3) is 11.0 Å². The van der Waals surface area contributed by atoms with Gasteiger partial charge in [0.05, 0.1) is 42.1 Å². The van der Waals surface area contributed by atoms with Crippen molar-refractivity contribution in [2.24, 2.45) is 0 Å². The van der Waals surface area contributed by atoms with Gasteiger partial charge in [-0.2, -0.15) is 0 Å². The summed E-state index contributed by atoms with van der Waals surface area (Å²) < 4.78 is 46.4. The number of nitrogens with one attached hydrogen (secondary N) is 2. The zero-order chi connectivity index (χ0) is 26.0. The van der Waals surface area contributed by atoms with E-state index in [0.29, 0.717) is 48.7 Å². The van der Waals surface area contributed by atoms with Gasteiger partial charge in [-0.3, -0.25) is 9.78 Å². The van der Waals surface area contributed by atoms with Gasteiger partial charge in [-0.05, 0) is 32.9 Å². The number of hydrogen-bond donors (Lipinski definition) is 3. The zero-order valence-corrected chi connectivity index (χ0v) is 20.2. The molecule has 0 aliphatic carbocycles. The van der Waals surface area contributed by atoms with Gasteiger partial charge >= 0.3 is 0 Å². The fourth-order valence-corrected chi connectivity index (χ4v) is 3.90. The number of benzene rings is 2. The molecular weight excluding hydrogens is 475 g/mol. The SMILES string of the molecule is CC(Nc1cc(F)c(F)c(F)c1)c1cc(C(=O)NCC(C)(C)O)cc2ncc(N3CCOCC3)nc12. The number of amides is 1. The molecule has 1 aromatic heterocycles. The minimum Gasteiger partial charge on any atom is -0.389 e. The highest BCUT2D eigenvalue weighted by atomic mass is 19.2. The van der Waals surface area contributed by atoms with E-state index in [0.717, 1.165) is 12.1 Å². The second kappa shape index (κ2) is 10.3. The second-order valence-electron chi connectivity index (χ2n) is 9.38. The molecule has 11 heteroatoms. The molecule has 36 heavy (non-hydrogen) atoms. The number of aliphatic hydroxyl groups is 1. The van der Waals surface area contributed by atoms with Crippen molar-refractivity contribution in [2.45, 2.75) is 32.4 Å². The molecule has 3 aromatic rings. The molecule has 8 nitrogen and oxygen atoms in total. The smallest absolute Gasteiger partial charge is 0.251 e. The summed E-state index contributed by atoms with van der Waals surface area (Å²) in [5, 5.41) is 15.6. The molecule has 2 heterocycles. The van der Waals surface area contributed by atoms with Gasteiger partial charge in [0.2, 0.25) is 0 Å². The molecule has 0 saturated carbocycles. The van der Waals surface area contributed by atoms with E-state index in [1.165, 1.54) is 0 Å². The number of aromatic nitrogens is 2. The Hall–Kier alpha value is -3.44. The number of nitrogens with zero attached hydrogens (tertiary/aromatic N) is 3. The summed E-state index contributed by atoms with van der Waals surface area (Å²) in [6.45, 7) is 7.33. The zero-order valence-electron chi connectivity index (χ0n) is 20.2. The molecule has 3 N–H and O–H groups in total. The number of fused-ring (bicyclic) bond motifs is 1. The molecule has 1 saturated heterocycles. The molecule has 1 fully saturated rings. The fraction of sp³-hybridized carbons (Fsp3) is 0.400. The lowest BCUT2D eigenvalue weighted by atomic mass is 10.0. The summed E-state index contributed by atoms with van der Waals surface area (Å²) in [6, 6.07) is 4.35. The Balaban J connectivity index is 1.74. The largest absolute Gasteiger partial charge is 0.389 e. The Labute approximate surface area is 206 Å². The van der Waals surface area contributed by atoms with Gasteiger partial charge in [0.1, 0.15) is 5.82 Å². The maximum Gasteiger partial charge on any atom is 0.251 e. The van der Waals surface area contributed by atoms with Crippen molar-refractivity contribution < 1.29 is 27.8 Å². The van der Waals surface area contributed by atoms with E-state index >= 15 is 0 Å². The third kappa shape index (κ3) is 5.85. The minimum absolute atomic E-state index is 0.0289. The van der Waals surface area contributed by atoms with Crippen molar-refractivity contribution in [1.82, 2.24) is 15.3 Å². The molecule has 0 bridgehead atoms. The second-order valence-corrected chi connectivity index (χ2v) is 9.38. The van der Waals surface area contributed by atoms with Crippen LogP contribution in [0, 0.1) is 17.5 Å². The quantitative estimate of drug-likeness (QED) is 0.424. The lowest BCUT2D eigenvalue weighted by Gasteiger charge is -2.28. The van der Waals surface area contributed by atoms with Gasteiger partial charge in [0.15, 0.2) is 17.5 Å². The Kier molecular flexibility index (Phi) is 7.32. The molecule has 1 amide bonds. The van der Waals surface area contributed by atoms with Gasteiger partial charge in [-0.1, -0.05) is 0 Å². The first-order valence-corrected chi connectivity index (χ1v) is 11.6. The maximum absolute atomic E-state index is 13.8. The number of carbonyl (C=O) groups is 1. The number of carbonyl (C=O) groups excluding carboxylic acids is 1. The first-order valence-electron chi connectivity index (χ1n) is 11.6. The Bertz CT molecular complexity index is 1250. The van der Waals surface area contributed by atoms with Crippen molar-refractivity contribution in [3.63, 3.8) is 0 Å². The average molecular weight is 504 g/mol. The monoisotopic (exact) mass is 503 g/mol. The number of rotatable bonds is 7. The highest BCUT2D eigenvalue weighted by Gasteiger charge is 2.21. The van der Waals surface area contributed by atoms with Crippen LogP contribution >= 0.6 is 0 Å². The van der Waals surface area contributed by atoms with Crippen LogP contribution in [-0.2, 0) is 4.74 Å². The summed E-state index contributed by atoms with van der Waals surface area (Å²) in [5.74, 6) is -3.97. The van der Waals surface area contributed by atoms with Gasteiger partial charge in [0, 0.05) is 48.6 Å². The number of halogens is 3. The van der Waals surface area contributed by atoms with E-state index in [-0.39, 0.29) is 17.8 Å². The molecule has 1 aliphatic heterocycles. The fourth-order valence-electron chi connectivity index (χ4n) is 3.90. The molecule has 1 atom stereocenters. The third-order valence-electron chi connectivity index (χ3n) is 5.78. The van der Waals surface area contributed by atoms with Gasteiger partial charge < -0.3 is 25.4 Å². The first-order chi connectivity index (χ1) is 17.0. The predicted octanol–water partition coefficient (Wildman–Crippen LogP) is 3.56. The molecule has 1 aliphatic rings. The lowest BCUT2D eigenvalue weighted by Crippen LogP contribution is -2.38. The van der Waals surface area contributed by atoms with Crippen LogP contribution < -0.4 is 15.5 Å². The first kappa shape index (κ1) is 25.6. The van der Waals surface area contributed by atoms with Gasteiger partial charge in [-0.25, -0.2) is 18.2 Å². The number of ether oxygens (including phenoxy) is 1. The van der Waals surface area contributed by atoms with Crippen LogP contribution in [0.5, 0.6) is 0 Å². The summed E-state index contributed by atoms with van der Waals surface area (Å²) >= 11 is 0. The van der Waals surface area contributed by atoms with E-state index in [1.54, 1.807) is 39.1 Å². The molecule has 192 valence electrons. The van der Waals surface area contributed by atoms with Crippen LogP contribution in [0.2, 0.25) is 0 Å². The number of morpholine rings is 1. The molecule has 4 rings (SSSR count).